The Morgan fingerprint density at radius 2 is 1.85 bits per heavy atom. The van der Waals surface area contributed by atoms with Gasteiger partial charge in [-0.05, 0) is 24.1 Å². The first-order valence-corrected chi connectivity index (χ1v) is 4.10. The van der Waals surface area contributed by atoms with Crippen LogP contribution in [-0.2, 0) is 6.42 Å². The standard InChI is InChI=1S/C9H14N2O2/c10-9(11)13-8-3-1-7(2-4-8)5-6-12/h1-4,9,12H,5-6,10-11H2. The van der Waals surface area contributed by atoms with Crippen LogP contribution in [0.15, 0.2) is 24.3 Å². The Bertz CT molecular complexity index is 246. The fourth-order valence-electron chi connectivity index (χ4n) is 1.02. The van der Waals surface area contributed by atoms with Crippen LogP contribution in [0.5, 0.6) is 5.75 Å². The molecule has 0 aliphatic rings. The summed E-state index contributed by atoms with van der Waals surface area (Å²) in [6.07, 6.45) is -0.140. The second-order valence-electron chi connectivity index (χ2n) is 2.70. The van der Waals surface area contributed by atoms with Gasteiger partial charge in [0.05, 0.1) is 0 Å². The van der Waals surface area contributed by atoms with E-state index < -0.39 is 6.35 Å². The van der Waals surface area contributed by atoms with Gasteiger partial charge in [0.1, 0.15) is 5.75 Å². The first-order valence-electron chi connectivity index (χ1n) is 4.10. The summed E-state index contributed by atoms with van der Waals surface area (Å²) in [7, 11) is 0. The summed E-state index contributed by atoms with van der Waals surface area (Å²) in [6.45, 7) is 0.149. The van der Waals surface area contributed by atoms with Gasteiger partial charge in [-0.1, -0.05) is 12.1 Å². The molecule has 5 N–H and O–H groups in total. The van der Waals surface area contributed by atoms with E-state index in [-0.39, 0.29) is 6.61 Å². The van der Waals surface area contributed by atoms with Crippen LogP contribution in [0.4, 0.5) is 0 Å². The normalized spacial score (nSPS) is 10.5. The summed E-state index contributed by atoms with van der Waals surface area (Å²) in [6, 6.07) is 7.29. The largest absolute Gasteiger partial charge is 0.463 e. The maximum absolute atomic E-state index is 8.66. The molecule has 0 aromatic heterocycles. The topological polar surface area (TPSA) is 81.5 Å². The molecular formula is C9H14N2O2. The Morgan fingerprint density at radius 3 is 2.31 bits per heavy atom. The molecule has 0 bridgehead atoms. The molecule has 4 nitrogen and oxygen atoms in total. The number of aliphatic hydroxyl groups excluding tert-OH is 1. The molecule has 0 spiro atoms. The van der Waals surface area contributed by atoms with Gasteiger partial charge in [0, 0.05) is 6.61 Å². The minimum Gasteiger partial charge on any atom is -0.463 e. The first-order chi connectivity index (χ1) is 6.22. The van der Waals surface area contributed by atoms with Crippen LogP contribution in [0.1, 0.15) is 5.56 Å². The highest BCUT2D eigenvalue weighted by atomic mass is 16.5. The third-order valence-corrected chi connectivity index (χ3v) is 1.60. The van der Waals surface area contributed by atoms with Gasteiger partial charge < -0.3 is 9.84 Å². The van der Waals surface area contributed by atoms with Crippen molar-refractivity contribution < 1.29 is 9.84 Å². The van der Waals surface area contributed by atoms with E-state index in [0.717, 1.165) is 5.56 Å². The molecule has 1 aromatic carbocycles. The van der Waals surface area contributed by atoms with Gasteiger partial charge in [-0.2, -0.15) is 0 Å². The van der Waals surface area contributed by atoms with Crippen molar-refractivity contribution in [1.29, 1.82) is 0 Å². The van der Waals surface area contributed by atoms with E-state index in [2.05, 4.69) is 0 Å². The predicted molar refractivity (Wildman–Crippen MR) is 50.0 cm³/mol. The average Bonchev–Trinajstić information content (AvgIpc) is 2.08. The molecule has 0 saturated heterocycles. The quantitative estimate of drug-likeness (QED) is 0.563. The Hall–Kier alpha value is -1.10. The van der Waals surface area contributed by atoms with Crippen molar-refractivity contribution in [2.24, 2.45) is 11.5 Å². The lowest BCUT2D eigenvalue weighted by molar-refractivity contribution is 0.217. The van der Waals surface area contributed by atoms with Crippen molar-refractivity contribution in [2.75, 3.05) is 6.61 Å². The number of hydrogen-bond acceptors (Lipinski definition) is 4. The first kappa shape index (κ1) is 9.98. The van der Waals surface area contributed by atoms with Gasteiger partial charge in [-0.25, -0.2) is 0 Å². The Morgan fingerprint density at radius 1 is 1.23 bits per heavy atom. The minimum absolute atomic E-state index is 0.149. The van der Waals surface area contributed by atoms with Crippen molar-refractivity contribution in [1.82, 2.24) is 0 Å². The van der Waals surface area contributed by atoms with E-state index in [0.29, 0.717) is 12.2 Å². The van der Waals surface area contributed by atoms with Crippen LogP contribution in [0.3, 0.4) is 0 Å². The van der Waals surface area contributed by atoms with E-state index in [1.807, 2.05) is 12.1 Å². The maximum atomic E-state index is 8.66. The number of ether oxygens (including phenoxy) is 1. The van der Waals surface area contributed by atoms with Crippen molar-refractivity contribution >= 4 is 0 Å². The fourth-order valence-corrected chi connectivity index (χ4v) is 1.02. The molecule has 0 atom stereocenters. The zero-order chi connectivity index (χ0) is 9.68. The molecule has 13 heavy (non-hydrogen) atoms. The van der Waals surface area contributed by atoms with E-state index in [1.165, 1.54) is 0 Å². The predicted octanol–water partition coefficient (Wildman–Crippen LogP) is -0.199. The summed E-state index contributed by atoms with van der Waals surface area (Å²) < 4.78 is 5.04. The SMILES string of the molecule is NC(N)Oc1ccc(CCO)cc1. The highest BCUT2D eigenvalue weighted by molar-refractivity contribution is 5.27. The molecule has 1 aromatic rings. The molecule has 0 radical (unpaired) electrons. The van der Waals surface area contributed by atoms with Crippen molar-refractivity contribution in [2.45, 2.75) is 12.8 Å². The third-order valence-electron chi connectivity index (χ3n) is 1.60. The molecule has 0 aliphatic heterocycles. The minimum atomic E-state index is -0.788. The van der Waals surface area contributed by atoms with Gasteiger partial charge in [-0.15, -0.1) is 0 Å². The number of nitrogens with two attached hydrogens (primary N) is 2. The molecule has 72 valence electrons. The molecule has 1 rings (SSSR count). The second kappa shape index (κ2) is 4.81. The lowest BCUT2D eigenvalue weighted by atomic mass is 10.1. The van der Waals surface area contributed by atoms with Gasteiger partial charge in [-0.3, -0.25) is 11.5 Å². The zero-order valence-corrected chi connectivity index (χ0v) is 7.31. The van der Waals surface area contributed by atoms with Crippen LogP contribution >= 0.6 is 0 Å². The lowest BCUT2D eigenvalue weighted by Crippen LogP contribution is -2.36. The molecule has 0 unspecified atom stereocenters. The highest BCUT2D eigenvalue weighted by Gasteiger charge is 1.97. The zero-order valence-electron chi connectivity index (χ0n) is 7.31. The molecule has 0 amide bonds. The molecular weight excluding hydrogens is 168 g/mol. The van der Waals surface area contributed by atoms with E-state index in [4.69, 9.17) is 21.3 Å². The number of hydrogen-bond donors (Lipinski definition) is 3. The second-order valence-corrected chi connectivity index (χ2v) is 2.70. The summed E-state index contributed by atoms with van der Waals surface area (Å²) >= 11 is 0. The average molecular weight is 182 g/mol. The van der Waals surface area contributed by atoms with Crippen molar-refractivity contribution in [3.05, 3.63) is 29.8 Å². The van der Waals surface area contributed by atoms with Crippen LogP contribution < -0.4 is 16.2 Å². The molecule has 0 heterocycles. The van der Waals surface area contributed by atoms with Gasteiger partial charge >= 0.3 is 0 Å². The Labute approximate surface area is 77.1 Å². The molecule has 0 saturated carbocycles. The van der Waals surface area contributed by atoms with Crippen LogP contribution in [-0.4, -0.2) is 18.1 Å². The molecule has 0 fully saturated rings. The van der Waals surface area contributed by atoms with Gasteiger partial charge in [0.25, 0.3) is 0 Å². The number of aliphatic hydroxyl groups is 1. The Balaban J connectivity index is 2.59. The monoisotopic (exact) mass is 182 g/mol. The van der Waals surface area contributed by atoms with Gasteiger partial charge in [0.2, 0.25) is 6.35 Å². The van der Waals surface area contributed by atoms with Crippen LogP contribution in [0, 0.1) is 0 Å². The maximum Gasteiger partial charge on any atom is 0.201 e. The summed E-state index contributed by atoms with van der Waals surface area (Å²) in [4.78, 5) is 0. The fraction of sp³-hybridized carbons (Fsp3) is 0.333. The third kappa shape index (κ3) is 3.42. The van der Waals surface area contributed by atoms with Gasteiger partial charge in [0.15, 0.2) is 0 Å². The lowest BCUT2D eigenvalue weighted by Gasteiger charge is -2.09. The van der Waals surface area contributed by atoms with E-state index in [1.54, 1.807) is 12.1 Å². The van der Waals surface area contributed by atoms with Crippen molar-refractivity contribution in [3.63, 3.8) is 0 Å². The highest BCUT2D eigenvalue weighted by Crippen LogP contribution is 2.12. The molecule has 0 aliphatic carbocycles. The van der Waals surface area contributed by atoms with E-state index >= 15 is 0 Å². The van der Waals surface area contributed by atoms with Crippen LogP contribution in [0.2, 0.25) is 0 Å². The van der Waals surface area contributed by atoms with Crippen LogP contribution in [0.25, 0.3) is 0 Å². The van der Waals surface area contributed by atoms with Crippen molar-refractivity contribution in [3.8, 4) is 5.75 Å². The summed E-state index contributed by atoms with van der Waals surface area (Å²) in [5, 5.41) is 8.66. The summed E-state index contributed by atoms with van der Waals surface area (Å²) in [5.74, 6) is 0.636. The van der Waals surface area contributed by atoms with E-state index in [9.17, 15) is 0 Å². The number of rotatable bonds is 4. The Kier molecular flexibility index (Phi) is 3.70. The summed E-state index contributed by atoms with van der Waals surface area (Å²) in [5.41, 5.74) is 11.5. The number of benzene rings is 1. The smallest absolute Gasteiger partial charge is 0.201 e. The molecule has 4 heteroatoms.